The lowest BCUT2D eigenvalue weighted by molar-refractivity contribution is 0.0529. The van der Waals surface area contributed by atoms with E-state index in [1.54, 1.807) is 6.20 Å². The van der Waals surface area contributed by atoms with Gasteiger partial charge in [-0.05, 0) is 44.5 Å². The molecule has 1 fully saturated rings. The van der Waals surface area contributed by atoms with Crippen LogP contribution < -0.4 is 15.5 Å². The number of nitrogens with zero attached hydrogens (tertiary/aromatic N) is 4. The van der Waals surface area contributed by atoms with Crippen molar-refractivity contribution in [1.29, 1.82) is 0 Å². The van der Waals surface area contributed by atoms with Gasteiger partial charge in [-0.2, -0.15) is 5.10 Å². The molecule has 162 valence electrons. The van der Waals surface area contributed by atoms with Crippen LogP contribution in [-0.2, 0) is 11.3 Å². The second-order valence-electron chi connectivity index (χ2n) is 7.75. The van der Waals surface area contributed by atoms with Crippen LogP contribution in [0.3, 0.4) is 0 Å². The molecule has 4 rings (SSSR count). The van der Waals surface area contributed by atoms with Crippen molar-refractivity contribution in [2.45, 2.75) is 33.4 Å². The third kappa shape index (κ3) is 4.86. The van der Waals surface area contributed by atoms with Crippen molar-refractivity contribution in [2.24, 2.45) is 0 Å². The van der Waals surface area contributed by atoms with Gasteiger partial charge in [0.05, 0.1) is 35.5 Å². The van der Waals surface area contributed by atoms with E-state index in [9.17, 15) is 4.79 Å². The second kappa shape index (κ2) is 9.18. The number of urea groups is 1. The highest BCUT2D eigenvalue weighted by molar-refractivity contribution is 5.90. The molecule has 1 aliphatic rings. The van der Waals surface area contributed by atoms with Gasteiger partial charge in [-0.15, -0.1) is 0 Å². The number of rotatable bonds is 5. The van der Waals surface area contributed by atoms with Crippen LogP contribution in [0, 0.1) is 13.8 Å². The number of para-hydroxylation sites is 1. The zero-order valence-corrected chi connectivity index (χ0v) is 18.1. The molecule has 0 radical (unpaired) electrons. The van der Waals surface area contributed by atoms with Crippen LogP contribution in [0.2, 0.25) is 0 Å². The van der Waals surface area contributed by atoms with Gasteiger partial charge in [0.25, 0.3) is 0 Å². The molecular weight excluding hydrogens is 392 g/mol. The Labute approximate surface area is 182 Å². The lowest BCUT2D eigenvalue weighted by atomic mass is 10.2. The number of carbonyl (C=O) groups excluding carboxylic acids is 1. The summed E-state index contributed by atoms with van der Waals surface area (Å²) in [5, 5.41) is 10.4. The van der Waals surface area contributed by atoms with Crippen LogP contribution >= 0.6 is 0 Å². The molecule has 1 unspecified atom stereocenters. The van der Waals surface area contributed by atoms with Gasteiger partial charge in [0.1, 0.15) is 5.82 Å². The monoisotopic (exact) mass is 420 g/mol. The molecule has 2 amide bonds. The largest absolute Gasteiger partial charge is 0.375 e. The third-order valence-electron chi connectivity index (χ3n) is 5.36. The van der Waals surface area contributed by atoms with E-state index in [1.165, 1.54) is 0 Å². The van der Waals surface area contributed by atoms with Crippen molar-refractivity contribution in [3.8, 4) is 5.69 Å². The molecule has 0 aliphatic carbocycles. The number of pyridine rings is 1. The maximum absolute atomic E-state index is 12.5. The van der Waals surface area contributed by atoms with Crippen molar-refractivity contribution >= 4 is 17.5 Å². The highest BCUT2D eigenvalue weighted by Crippen LogP contribution is 2.22. The van der Waals surface area contributed by atoms with Crippen molar-refractivity contribution in [1.82, 2.24) is 20.1 Å². The van der Waals surface area contributed by atoms with Gasteiger partial charge in [-0.25, -0.2) is 14.5 Å². The zero-order valence-electron chi connectivity index (χ0n) is 18.1. The van der Waals surface area contributed by atoms with Gasteiger partial charge < -0.3 is 20.3 Å². The first-order valence-electron chi connectivity index (χ1n) is 10.5. The summed E-state index contributed by atoms with van der Waals surface area (Å²) in [5.74, 6) is 0.933. The molecule has 1 atom stereocenters. The number of benzene rings is 1. The molecule has 1 saturated heterocycles. The molecule has 8 nitrogen and oxygen atoms in total. The van der Waals surface area contributed by atoms with E-state index >= 15 is 0 Å². The minimum atomic E-state index is -0.273. The Morgan fingerprint density at radius 1 is 1.19 bits per heavy atom. The summed E-state index contributed by atoms with van der Waals surface area (Å²) in [6.07, 6.45) is 2.01. The SMILES string of the molecule is Cc1nn(-c2ccccc2)c(C)c1NC(=O)NCc1ccc(N2CCOC(C)C2)nc1. The van der Waals surface area contributed by atoms with Crippen LogP contribution in [0.4, 0.5) is 16.3 Å². The molecule has 3 heterocycles. The summed E-state index contributed by atoms with van der Waals surface area (Å²) in [7, 11) is 0. The van der Waals surface area contributed by atoms with Crippen molar-refractivity contribution < 1.29 is 9.53 Å². The fraction of sp³-hybridized carbons (Fsp3) is 0.348. The number of amides is 2. The van der Waals surface area contributed by atoms with E-state index in [0.717, 1.165) is 47.2 Å². The summed E-state index contributed by atoms with van der Waals surface area (Å²) >= 11 is 0. The number of carbonyl (C=O) groups is 1. The highest BCUT2D eigenvalue weighted by Gasteiger charge is 2.18. The normalized spacial score (nSPS) is 16.2. The molecule has 2 N–H and O–H groups in total. The Morgan fingerprint density at radius 3 is 2.71 bits per heavy atom. The number of hydrogen-bond donors (Lipinski definition) is 2. The smallest absolute Gasteiger partial charge is 0.319 e. The number of aromatic nitrogens is 3. The first-order chi connectivity index (χ1) is 15.0. The van der Waals surface area contributed by atoms with Crippen molar-refractivity contribution in [3.05, 3.63) is 65.6 Å². The van der Waals surface area contributed by atoms with Gasteiger partial charge >= 0.3 is 6.03 Å². The van der Waals surface area contributed by atoms with Gasteiger partial charge in [0.2, 0.25) is 0 Å². The first-order valence-corrected chi connectivity index (χ1v) is 10.5. The van der Waals surface area contributed by atoms with Gasteiger partial charge in [-0.3, -0.25) is 0 Å². The molecule has 1 aliphatic heterocycles. The maximum atomic E-state index is 12.5. The number of aryl methyl sites for hydroxylation is 1. The summed E-state index contributed by atoms with van der Waals surface area (Å²) in [6.45, 7) is 8.68. The van der Waals surface area contributed by atoms with Crippen LogP contribution in [0.1, 0.15) is 23.9 Å². The second-order valence-corrected chi connectivity index (χ2v) is 7.75. The minimum Gasteiger partial charge on any atom is -0.375 e. The van der Waals surface area contributed by atoms with Crippen molar-refractivity contribution in [3.63, 3.8) is 0 Å². The first kappa shape index (κ1) is 20.9. The summed E-state index contributed by atoms with van der Waals surface area (Å²) in [5.41, 5.74) is 4.26. The van der Waals surface area contributed by atoms with E-state index in [1.807, 2.05) is 61.0 Å². The molecule has 3 aromatic rings. The van der Waals surface area contributed by atoms with E-state index < -0.39 is 0 Å². The molecule has 0 saturated carbocycles. The van der Waals surface area contributed by atoms with Crippen LogP contribution in [0.5, 0.6) is 0 Å². The summed E-state index contributed by atoms with van der Waals surface area (Å²) in [4.78, 5) is 19.3. The van der Waals surface area contributed by atoms with Crippen LogP contribution in [0.15, 0.2) is 48.7 Å². The van der Waals surface area contributed by atoms with Crippen LogP contribution in [-0.4, -0.2) is 46.6 Å². The van der Waals surface area contributed by atoms with Gasteiger partial charge in [0.15, 0.2) is 0 Å². The number of ether oxygens (including phenoxy) is 1. The maximum Gasteiger partial charge on any atom is 0.319 e. The minimum absolute atomic E-state index is 0.207. The number of hydrogen-bond acceptors (Lipinski definition) is 5. The Bertz CT molecular complexity index is 1030. The lowest BCUT2D eigenvalue weighted by Crippen LogP contribution is -2.41. The lowest BCUT2D eigenvalue weighted by Gasteiger charge is -2.32. The van der Waals surface area contributed by atoms with Gasteiger partial charge in [0, 0.05) is 25.8 Å². The average Bonchev–Trinajstić information content (AvgIpc) is 3.07. The molecule has 8 heteroatoms. The van der Waals surface area contributed by atoms with Gasteiger partial charge in [-0.1, -0.05) is 24.3 Å². The number of nitrogens with one attached hydrogen (secondary N) is 2. The Kier molecular flexibility index (Phi) is 6.18. The van der Waals surface area contributed by atoms with Crippen molar-refractivity contribution in [2.75, 3.05) is 29.9 Å². The van der Waals surface area contributed by atoms with E-state index in [0.29, 0.717) is 13.2 Å². The molecule has 1 aromatic carbocycles. The topological polar surface area (TPSA) is 84.3 Å². The zero-order chi connectivity index (χ0) is 21.8. The summed E-state index contributed by atoms with van der Waals surface area (Å²) in [6, 6.07) is 13.6. The predicted molar refractivity (Wildman–Crippen MR) is 121 cm³/mol. The standard InChI is InChI=1S/C23H28N6O2/c1-16-15-28(11-12-31-16)21-10-9-19(13-24-21)14-25-23(30)26-22-17(2)27-29(18(22)3)20-7-5-4-6-8-20/h4-10,13,16H,11-12,14-15H2,1-3H3,(H2,25,26,30). The van der Waals surface area contributed by atoms with Crippen LogP contribution in [0.25, 0.3) is 5.69 Å². The summed E-state index contributed by atoms with van der Waals surface area (Å²) < 4.78 is 7.41. The molecule has 2 aromatic heterocycles. The van der Waals surface area contributed by atoms with E-state index in [4.69, 9.17) is 4.74 Å². The Balaban J connectivity index is 1.35. The number of morpholine rings is 1. The highest BCUT2D eigenvalue weighted by atomic mass is 16.5. The molecular formula is C23H28N6O2. The van der Waals surface area contributed by atoms with E-state index in [2.05, 4.69) is 32.5 Å². The third-order valence-corrected chi connectivity index (χ3v) is 5.36. The fourth-order valence-corrected chi connectivity index (χ4v) is 3.72. The Morgan fingerprint density at radius 2 is 2.00 bits per heavy atom. The Hall–Kier alpha value is -3.39. The molecule has 31 heavy (non-hydrogen) atoms. The quantitative estimate of drug-likeness (QED) is 0.661. The predicted octanol–water partition coefficient (Wildman–Crippen LogP) is 3.43. The molecule has 0 spiro atoms. The van der Waals surface area contributed by atoms with E-state index in [-0.39, 0.29) is 12.1 Å². The number of anilines is 2. The molecule has 0 bridgehead atoms. The average molecular weight is 421 g/mol. The fourth-order valence-electron chi connectivity index (χ4n) is 3.72.